The molecule has 2 nitrogen and oxygen atoms in total. The Labute approximate surface area is 102 Å². The fourth-order valence-corrected chi connectivity index (χ4v) is 3.44. The molecule has 1 aliphatic rings. The van der Waals surface area contributed by atoms with E-state index in [2.05, 4.69) is 72.2 Å². The van der Waals surface area contributed by atoms with Gasteiger partial charge in [-0.2, -0.15) is 0 Å². The highest BCUT2D eigenvalue weighted by Gasteiger charge is 2.51. The fourth-order valence-electron chi connectivity index (χ4n) is 3.44. The Morgan fingerprint density at radius 1 is 0.875 bits per heavy atom. The number of hydrogen-bond acceptors (Lipinski definition) is 2. The smallest absolute Gasteiger partial charge is 0.0312 e. The van der Waals surface area contributed by atoms with Gasteiger partial charge in [-0.15, -0.1) is 0 Å². The molecule has 0 radical (unpaired) electrons. The predicted octanol–water partition coefficient (Wildman–Crippen LogP) is 2.98. The Kier molecular flexibility index (Phi) is 3.49. The molecule has 96 valence electrons. The number of hydrogen-bond donors (Lipinski definition) is 0. The van der Waals surface area contributed by atoms with Crippen molar-refractivity contribution in [1.82, 2.24) is 9.80 Å². The van der Waals surface area contributed by atoms with E-state index in [1.165, 1.54) is 0 Å². The zero-order valence-corrected chi connectivity index (χ0v) is 12.6. The third-order valence-electron chi connectivity index (χ3n) is 5.17. The topological polar surface area (TPSA) is 6.48 Å². The SMILES string of the molecule is CC(C)N1C(C)C(C)(C)N(C)C(C)C1(C)C. The Bertz CT molecular complexity index is 255. The van der Waals surface area contributed by atoms with Crippen LogP contribution in [0.15, 0.2) is 0 Å². The maximum absolute atomic E-state index is 2.68. The van der Waals surface area contributed by atoms with E-state index in [-0.39, 0.29) is 11.1 Å². The summed E-state index contributed by atoms with van der Waals surface area (Å²) < 4.78 is 0. The minimum Gasteiger partial charge on any atom is -0.295 e. The molecule has 2 heteroatoms. The molecule has 16 heavy (non-hydrogen) atoms. The van der Waals surface area contributed by atoms with Crippen molar-refractivity contribution in [2.45, 2.75) is 84.6 Å². The summed E-state index contributed by atoms with van der Waals surface area (Å²) in [4.78, 5) is 5.22. The first kappa shape index (κ1) is 14.0. The quantitative estimate of drug-likeness (QED) is 0.678. The third kappa shape index (κ3) is 1.80. The van der Waals surface area contributed by atoms with Crippen molar-refractivity contribution in [2.75, 3.05) is 7.05 Å². The second-order valence-corrected chi connectivity index (χ2v) is 6.77. The van der Waals surface area contributed by atoms with E-state index in [0.29, 0.717) is 18.1 Å². The highest BCUT2D eigenvalue weighted by molar-refractivity contribution is 5.08. The molecule has 0 spiro atoms. The first-order valence-electron chi connectivity index (χ1n) is 6.56. The predicted molar refractivity (Wildman–Crippen MR) is 71.8 cm³/mol. The van der Waals surface area contributed by atoms with E-state index in [1.807, 2.05) is 0 Å². The molecule has 0 aromatic heterocycles. The van der Waals surface area contributed by atoms with Crippen LogP contribution in [0.3, 0.4) is 0 Å². The Hall–Kier alpha value is -0.0800. The van der Waals surface area contributed by atoms with Crippen LogP contribution in [0.4, 0.5) is 0 Å². The van der Waals surface area contributed by atoms with Gasteiger partial charge in [0.1, 0.15) is 0 Å². The van der Waals surface area contributed by atoms with E-state index < -0.39 is 0 Å². The van der Waals surface area contributed by atoms with Crippen molar-refractivity contribution >= 4 is 0 Å². The molecule has 0 N–H and O–H groups in total. The van der Waals surface area contributed by atoms with Gasteiger partial charge in [0.2, 0.25) is 0 Å². The second kappa shape index (κ2) is 3.99. The van der Waals surface area contributed by atoms with Gasteiger partial charge in [-0.05, 0) is 62.4 Å². The van der Waals surface area contributed by atoms with Crippen LogP contribution < -0.4 is 0 Å². The molecule has 0 amide bonds. The van der Waals surface area contributed by atoms with Gasteiger partial charge in [-0.1, -0.05) is 0 Å². The highest BCUT2D eigenvalue weighted by Crippen LogP contribution is 2.40. The van der Waals surface area contributed by atoms with E-state index in [1.54, 1.807) is 0 Å². The Morgan fingerprint density at radius 3 is 1.69 bits per heavy atom. The van der Waals surface area contributed by atoms with Gasteiger partial charge in [-0.3, -0.25) is 9.80 Å². The lowest BCUT2D eigenvalue weighted by Crippen LogP contribution is -2.75. The van der Waals surface area contributed by atoms with E-state index in [0.717, 1.165) is 0 Å². The number of likely N-dealkylation sites (N-methyl/N-ethyl adjacent to an activating group) is 1. The lowest BCUT2D eigenvalue weighted by Gasteiger charge is -2.63. The van der Waals surface area contributed by atoms with Gasteiger partial charge in [0.15, 0.2) is 0 Å². The highest BCUT2D eigenvalue weighted by atomic mass is 15.4. The summed E-state index contributed by atoms with van der Waals surface area (Å²) in [7, 11) is 2.26. The molecule has 1 heterocycles. The molecular weight excluding hydrogens is 196 g/mol. The van der Waals surface area contributed by atoms with Gasteiger partial charge >= 0.3 is 0 Å². The van der Waals surface area contributed by atoms with Gasteiger partial charge in [0.05, 0.1) is 0 Å². The molecule has 0 bridgehead atoms. The molecular formula is C14H30N2. The minimum atomic E-state index is 0.234. The summed E-state index contributed by atoms with van der Waals surface area (Å²) in [6, 6.07) is 1.74. The van der Waals surface area contributed by atoms with Crippen LogP contribution in [0.1, 0.15) is 55.4 Å². The van der Waals surface area contributed by atoms with E-state index in [9.17, 15) is 0 Å². The maximum Gasteiger partial charge on any atom is 0.0312 e. The van der Waals surface area contributed by atoms with Crippen LogP contribution in [-0.2, 0) is 0 Å². The van der Waals surface area contributed by atoms with Crippen molar-refractivity contribution < 1.29 is 0 Å². The lowest BCUT2D eigenvalue weighted by molar-refractivity contribution is -0.132. The summed E-state index contributed by atoms with van der Waals surface area (Å²) in [5, 5.41) is 0. The van der Waals surface area contributed by atoms with Crippen molar-refractivity contribution in [3.8, 4) is 0 Å². The van der Waals surface area contributed by atoms with E-state index >= 15 is 0 Å². The molecule has 0 aromatic rings. The largest absolute Gasteiger partial charge is 0.295 e. The van der Waals surface area contributed by atoms with Crippen molar-refractivity contribution in [1.29, 1.82) is 0 Å². The van der Waals surface area contributed by atoms with Gasteiger partial charge in [0, 0.05) is 29.2 Å². The van der Waals surface area contributed by atoms with Crippen molar-refractivity contribution in [3.05, 3.63) is 0 Å². The number of rotatable bonds is 1. The molecule has 1 rings (SSSR count). The van der Waals surface area contributed by atoms with Crippen LogP contribution in [0.25, 0.3) is 0 Å². The van der Waals surface area contributed by atoms with Gasteiger partial charge in [-0.25, -0.2) is 0 Å². The molecule has 0 aliphatic carbocycles. The van der Waals surface area contributed by atoms with Gasteiger partial charge < -0.3 is 0 Å². The average Bonchev–Trinajstić information content (AvgIpc) is 2.12. The van der Waals surface area contributed by atoms with Crippen LogP contribution >= 0.6 is 0 Å². The summed E-state index contributed by atoms with van der Waals surface area (Å²) in [6.45, 7) is 18.8. The Morgan fingerprint density at radius 2 is 1.31 bits per heavy atom. The summed E-state index contributed by atoms with van der Waals surface area (Å²) in [6.07, 6.45) is 0. The average molecular weight is 226 g/mol. The zero-order valence-electron chi connectivity index (χ0n) is 12.6. The first-order chi connectivity index (χ1) is 7.04. The standard InChI is InChI=1S/C14H30N2/c1-10(2)16-12(4)13(5,6)15(9)11(3)14(16,7)8/h10-12H,1-9H3. The van der Waals surface area contributed by atoms with Crippen LogP contribution in [-0.4, -0.2) is 46.1 Å². The number of nitrogens with zero attached hydrogens (tertiary/aromatic N) is 2. The van der Waals surface area contributed by atoms with Gasteiger partial charge in [0.25, 0.3) is 0 Å². The van der Waals surface area contributed by atoms with E-state index in [4.69, 9.17) is 0 Å². The zero-order chi connectivity index (χ0) is 12.9. The molecule has 1 fully saturated rings. The molecule has 1 saturated heterocycles. The molecule has 2 unspecified atom stereocenters. The van der Waals surface area contributed by atoms with Crippen LogP contribution in [0.2, 0.25) is 0 Å². The van der Waals surface area contributed by atoms with Crippen LogP contribution in [0, 0.1) is 0 Å². The fraction of sp³-hybridized carbons (Fsp3) is 1.00. The van der Waals surface area contributed by atoms with Crippen LogP contribution in [0.5, 0.6) is 0 Å². The lowest BCUT2D eigenvalue weighted by atomic mass is 9.77. The molecule has 2 atom stereocenters. The monoisotopic (exact) mass is 226 g/mol. The molecule has 1 aliphatic heterocycles. The van der Waals surface area contributed by atoms with Crippen molar-refractivity contribution in [3.63, 3.8) is 0 Å². The summed E-state index contributed by atoms with van der Waals surface area (Å²) >= 11 is 0. The first-order valence-corrected chi connectivity index (χ1v) is 6.56. The third-order valence-corrected chi connectivity index (χ3v) is 5.17. The molecule has 0 aromatic carbocycles. The molecule has 0 saturated carbocycles. The number of piperazine rings is 1. The van der Waals surface area contributed by atoms with Crippen molar-refractivity contribution in [2.24, 2.45) is 0 Å². The Balaban J connectivity index is 3.18. The normalized spacial score (nSPS) is 35.6. The summed E-state index contributed by atoms with van der Waals surface area (Å²) in [5.41, 5.74) is 0.469. The summed E-state index contributed by atoms with van der Waals surface area (Å²) in [5.74, 6) is 0. The maximum atomic E-state index is 2.68. The second-order valence-electron chi connectivity index (χ2n) is 6.77. The minimum absolute atomic E-state index is 0.234.